The average molecular weight is 215 g/mol. The van der Waals surface area contributed by atoms with Crippen LogP contribution in [0.5, 0.6) is 0 Å². The fourth-order valence-corrected chi connectivity index (χ4v) is 1.20. The quantitative estimate of drug-likeness (QED) is 0.544. The summed E-state index contributed by atoms with van der Waals surface area (Å²) in [4.78, 5) is 11.3. The van der Waals surface area contributed by atoms with Crippen molar-refractivity contribution in [1.29, 1.82) is 0 Å². The number of unbranched alkanes of at least 4 members (excludes halogenated alkanes) is 1. The molecule has 0 bridgehead atoms. The molecular weight excluding hydrogens is 194 g/mol. The van der Waals surface area contributed by atoms with Gasteiger partial charge in [0, 0.05) is 5.57 Å². The van der Waals surface area contributed by atoms with Crippen molar-refractivity contribution in [2.75, 3.05) is 6.61 Å². The molecule has 4 heteroatoms. The molecule has 0 aliphatic rings. The van der Waals surface area contributed by atoms with E-state index in [0.717, 1.165) is 12.8 Å². The Morgan fingerprint density at radius 3 is 2.53 bits per heavy atom. The minimum Gasteiger partial charge on any atom is -0.394 e. The topological polar surface area (TPSA) is 69.6 Å². The van der Waals surface area contributed by atoms with Gasteiger partial charge < -0.3 is 15.5 Å². The van der Waals surface area contributed by atoms with Gasteiger partial charge in [-0.05, 0) is 13.3 Å². The Morgan fingerprint density at radius 2 is 2.13 bits per heavy atom. The summed E-state index contributed by atoms with van der Waals surface area (Å²) >= 11 is 0. The van der Waals surface area contributed by atoms with Crippen LogP contribution in [0.2, 0.25) is 0 Å². The highest BCUT2D eigenvalue weighted by atomic mass is 16.3. The number of amides is 1. The standard InChI is InChI=1S/C11H21NO3/c1-4-5-6-9(10(14)7-13)12-11(15)8(2)3/h9-10,13-14H,2,4-7H2,1,3H3,(H,12,15). The molecule has 88 valence electrons. The number of hydrogen-bond acceptors (Lipinski definition) is 3. The summed E-state index contributed by atoms with van der Waals surface area (Å²) in [6.45, 7) is 6.81. The maximum Gasteiger partial charge on any atom is 0.246 e. The fraction of sp³-hybridized carbons (Fsp3) is 0.727. The van der Waals surface area contributed by atoms with Crippen LogP contribution in [0, 0.1) is 0 Å². The number of nitrogens with one attached hydrogen (secondary N) is 1. The summed E-state index contributed by atoms with van der Waals surface area (Å²) < 4.78 is 0. The van der Waals surface area contributed by atoms with Gasteiger partial charge in [0.25, 0.3) is 0 Å². The van der Waals surface area contributed by atoms with Crippen LogP contribution in [-0.2, 0) is 4.79 Å². The molecular formula is C11H21NO3. The van der Waals surface area contributed by atoms with Gasteiger partial charge in [-0.2, -0.15) is 0 Å². The number of rotatable bonds is 7. The zero-order chi connectivity index (χ0) is 11.8. The van der Waals surface area contributed by atoms with Gasteiger partial charge in [0.1, 0.15) is 0 Å². The molecule has 0 aromatic carbocycles. The van der Waals surface area contributed by atoms with Crippen molar-refractivity contribution in [2.24, 2.45) is 0 Å². The molecule has 0 aromatic heterocycles. The summed E-state index contributed by atoms with van der Waals surface area (Å²) in [5, 5.41) is 21.0. The van der Waals surface area contributed by atoms with Crippen molar-refractivity contribution in [3.63, 3.8) is 0 Å². The second kappa shape index (κ2) is 7.43. The molecule has 2 unspecified atom stereocenters. The second-order valence-electron chi connectivity index (χ2n) is 3.75. The lowest BCUT2D eigenvalue weighted by molar-refractivity contribution is -0.119. The van der Waals surface area contributed by atoms with Crippen molar-refractivity contribution in [3.8, 4) is 0 Å². The second-order valence-corrected chi connectivity index (χ2v) is 3.75. The number of aliphatic hydroxyl groups is 2. The Labute approximate surface area is 91.0 Å². The lowest BCUT2D eigenvalue weighted by Gasteiger charge is -2.22. The fourth-order valence-electron chi connectivity index (χ4n) is 1.20. The van der Waals surface area contributed by atoms with Crippen LogP contribution in [0.15, 0.2) is 12.2 Å². The zero-order valence-corrected chi connectivity index (χ0v) is 9.49. The van der Waals surface area contributed by atoms with Crippen molar-refractivity contribution < 1.29 is 15.0 Å². The Balaban J connectivity index is 4.23. The lowest BCUT2D eigenvalue weighted by atomic mass is 10.0. The Bertz CT molecular complexity index is 216. The van der Waals surface area contributed by atoms with Gasteiger partial charge in [-0.25, -0.2) is 0 Å². The van der Waals surface area contributed by atoms with Crippen LogP contribution in [0.4, 0.5) is 0 Å². The zero-order valence-electron chi connectivity index (χ0n) is 9.49. The Kier molecular flexibility index (Phi) is 6.99. The first-order valence-corrected chi connectivity index (χ1v) is 5.28. The van der Waals surface area contributed by atoms with Gasteiger partial charge in [-0.3, -0.25) is 4.79 Å². The Hall–Kier alpha value is -0.870. The largest absolute Gasteiger partial charge is 0.394 e. The number of carbonyl (C=O) groups excluding carboxylic acids is 1. The molecule has 0 saturated heterocycles. The first-order valence-electron chi connectivity index (χ1n) is 5.28. The van der Waals surface area contributed by atoms with Crippen LogP contribution >= 0.6 is 0 Å². The van der Waals surface area contributed by atoms with E-state index in [4.69, 9.17) is 5.11 Å². The molecule has 1 amide bonds. The van der Waals surface area contributed by atoms with E-state index >= 15 is 0 Å². The molecule has 2 atom stereocenters. The summed E-state index contributed by atoms with van der Waals surface area (Å²) in [6, 6.07) is -0.390. The number of hydrogen-bond donors (Lipinski definition) is 3. The van der Waals surface area contributed by atoms with E-state index in [1.54, 1.807) is 6.92 Å². The minimum atomic E-state index is -0.903. The van der Waals surface area contributed by atoms with Crippen molar-refractivity contribution in [3.05, 3.63) is 12.2 Å². The molecule has 0 radical (unpaired) electrons. The van der Waals surface area contributed by atoms with E-state index in [9.17, 15) is 9.90 Å². The molecule has 0 heterocycles. The first-order chi connectivity index (χ1) is 7.02. The van der Waals surface area contributed by atoms with Gasteiger partial charge in [0.05, 0.1) is 18.8 Å². The smallest absolute Gasteiger partial charge is 0.246 e. The van der Waals surface area contributed by atoms with E-state index in [1.807, 2.05) is 6.92 Å². The molecule has 3 N–H and O–H groups in total. The van der Waals surface area contributed by atoms with Gasteiger partial charge in [0.15, 0.2) is 0 Å². The third kappa shape index (κ3) is 5.54. The highest BCUT2D eigenvalue weighted by Crippen LogP contribution is 2.06. The third-order valence-electron chi connectivity index (χ3n) is 2.22. The van der Waals surface area contributed by atoms with Gasteiger partial charge >= 0.3 is 0 Å². The van der Waals surface area contributed by atoms with Crippen LogP contribution in [-0.4, -0.2) is 34.9 Å². The van der Waals surface area contributed by atoms with Crippen LogP contribution in [0.25, 0.3) is 0 Å². The summed E-state index contributed by atoms with van der Waals surface area (Å²) in [5.41, 5.74) is 0.404. The minimum absolute atomic E-state index is 0.274. The van der Waals surface area contributed by atoms with Gasteiger partial charge in [0.2, 0.25) is 5.91 Å². The molecule has 0 saturated carbocycles. The normalized spacial score (nSPS) is 14.4. The highest BCUT2D eigenvalue weighted by Gasteiger charge is 2.19. The van der Waals surface area contributed by atoms with Crippen molar-refractivity contribution >= 4 is 5.91 Å². The molecule has 0 aromatic rings. The van der Waals surface area contributed by atoms with Gasteiger partial charge in [-0.1, -0.05) is 26.3 Å². The summed E-state index contributed by atoms with van der Waals surface area (Å²) in [5.74, 6) is -0.274. The molecule has 0 fully saturated rings. The van der Waals surface area contributed by atoms with E-state index in [0.29, 0.717) is 12.0 Å². The molecule has 0 aliphatic carbocycles. The van der Waals surface area contributed by atoms with Crippen molar-refractivity contribution in [1.82, 2.24) is 5.32 Å². The molecule has 0 spiro atoms. The van der Waals surface area contributed by atoms with E-state index < -0.39 is 6.10 Å². The van der Waals surface area contributed by atoms with Crippen LogP contribution in [0.1, 0.15) is 33.1 Å². The maximum atomic E-state index is 11.3. The van der Waals surface area contributed by atoms with E-state index in [-0.39, 0.29) is 18.6 Å². The molecule has 15 heavy (non-hydrogen) atoms. The number of aliphatic hydroxyl groups excluding tert-OH is 2. The van der Waals surface area contributed by atoms with E-state index in [1.165, 1.54) is 0 Å². The number of carbonyl (C=O) groups is 1. The summed E-state index contributed by atoms with van der Waals surface area (Å²) in [7, 11) is 0. The van der Waals surface area contributed by atoms with E-state index in [2.05, 4.69) is 11.9 Å². The predicted octanol–water partition coefficient (Wildman–Crippen LogP) is 0.591. The average Bonchev–Trinajstić information content (AvgIpc) is 2.22. The SMILES string of the molecule is C=C(C)C(=O)NC(CCCC)C(O)CO. The van der Waals surface area contributed by atoms with Crippen LogP contribution < -0.4 is 5.32 Å². The Morgan fingerprint density at radius 1 is 1.53 bits per heavy atom. The lowest BCUT2D eigenvalue weighted by Crippen LogP contribution is -2.45. The predicted molar refractivity (Wildman–Crippen MR) is 59.4 cm³/mol. The maximum absolute atomic E-state index is 11.3. The summed E-state index contributed by atoms with van der Waals surface area (Å²) in [6.07, 6.45) is 1.65. The van der Waals surface area contributed by atoms with Crippen LogP contribution in [0.3, 0.4) is 0 Å². The molecule has 0 rings (SSSR count). The monoisotopic (exact) mass is 215 g/mol. The molecule has 4 nitrogen and oxygen atoms in total. The highest BCUT2D eigenvalue weighted by molar-refractivity contribution is 5.92. The third-order valence-corrected chi connectivity index (χ3v) is 2.22. The van der Waals surface area contributed by atoms with Crippen molar-refractivity contribution in [2.45, 2.75) is 45.3 Å². The molecule has 0 aliphatic heterocycles. The first kappa shape index (κ1) is 14.1. The van der Waals surface area contributed by atoms with Gasteiger partial charge in [-0.15, -0.1) is 0 Å².